The molecule has 0 atom stereocenters. The molecule has 0 N–H and O–H groups in total. The SMILES string of the molecule is C=C(C)C(=O)OCCCOc1ccc(Sc2ccc(Sc3ccc(OCCCOC(=O)C(=C)C)cc3)cc2)cc1. The third-order valence-corrected chi connectivity index (χ3v) is 7.25. The van der Waals surface area contributed by atoms with E-state index >= 15 is 0 Å². The van der Waals surface area contributed by atoms with Gasteiger partial charge in [-0.3, -0.25) is 0 Å². The maximum Gasteiger partial charge on any atom is 0.333 e. The van der Waals surface area contributed by atoms with Gasteiger partial charge in [0.1, 0.15) is 11.5 Å². The van der Waals surface area contributed by atoms with E-state index in [9.17, 15) is 9.59 Å². The summed E-state index contributed by atoms with van der Waals surface area (Å²) in [5.41, 5.74) is 0.794. The highest BCUT2D eigenvalue weighted by Gasteiger charge is 2.05. The summed E-state index contributed by atoms with van der Waals surface area (Å²) < 4.78 is 21.6. The first kappa shape index (κ1) is 30.9. The number of esters is 2. The van der Waals surface area contributed by atoms with Crippen molar-refractivity contribution in [2.75, 3.05) is 26.4 Å². The molecule has 0 aliphatic carbocycles. The first-order chi connectivity index (χ1) is 19.3. The Bertz CT molecular complexity index is 1170. The minimum Gasteiger partial charge on any atom is -0.493 e. The van der Waals surface area contributed by atoms with Crippen LogP contribution in [-0.4, -0.2) is 38.4 Å². The van der Waals surface area contributed by atoms with Crippen molar-refractivity contribution in [2.24, 2.45) is 0 Å². The van der Waals surface area contributed by atoms with Crippen molar-refractivity contribution < 1.29 is 28.5 Å². The van der Waals surface area contributed by atoms with Crippen LogP contribution < -0.4 is 9.47 Å². The highest BCUT2D eigenvalue weighted by molar-refractivity contribution is 7.99. The molecular formula is C32H34O6S2. The summed E-state index contributed by atoms with van der Waals surface area (Å²) in [6.07, 6.45) is 1.24. The average molecular weight is 579 g/mol. The Morgan fingerprint density at radius 2 is 0.850 bits per heavy atom. The van der Waals surface area contributed by atoms with Gasteiger partial charge in [-0.1, -0.05) is 36.7 Å². The van der Waals surface area contributed by atoms with Gasteiger partial charge in [0.2, 0.25) is 0 Å². The minimum atomic E-state index is -0.373. The van der Waals surface area contributed by atoms with Crippen LogP contribution >= 0.6 is 23.5 Å². The van der Waals surface area contributed by atoms with Crippen molar-refractivity contribution in [1.82, 2.24) is 0 Å². The van der Waals surface area contributed by atoms with Crippen LogP contribution in [0.3, 0.4) is 0 Å². The second-order valence-corrected chi connectivity index (χ2v) is 11.1. The zero-order valence-electron chi connectivity index (χ0n) is 22.9. The van der Waals surface area contributed by atoms with E-state index in [0.717, 1.165) is 31.1 Å². The quantitative estimate of drug-likeness (QED) is 0.0970. The summed E-state index contributed by atoms with van der Waals surface area (Å²) in [6, 6.07) is 24.3. The fourth-order valence-corrected chi connectivity index (χ4v) is 4.76. The van der Waals surface area contributed by atoms with Gasteiger partial charge in [0.15, 0.2) is 0 Å². The lowest BCUT2D eigenvalue weighted by Crippen LogP contribution is -2.09. The van der Waals surface area contributed by atoms with Crippen molar-refractivity contribution in [3.05, 3.63) is 97.1 Å². The summed E-state index contributed by atoms with van der Waals surface area (Å²) in [5.74, 6) is 0.815. The van der Waals surface area contributed by atoms with Crippen molar-refractivity contribution in [3.63, 3.8) is 0 Å². The van der Waals surface area contributed by atoms with Crippen molar-refractivity contribution >= 4 is 35.5 Å². The molecule has 0 aromatic heterocycles. The van der Waals surface area contributed by atoms with Gasteiger partial charge < -0.3 is 18.9 Å². The molecule has 0 saturated carbocycles. The summed E-state index contributed by atoms with van der Waals surface area (Å²) >= 11 is 3.37. The van der Waals surface area contributed by atoms with Crippen LogP contribution in [0.15, 0.2) is 117 Å². The Morgan fingerprint density at radius 1 is 0.550 bits per heavy atom. The number of carbonyl (C=O) groups is 2. The molecule has 6 nitrogen and oxygen atoms in total. The van der Waals surface area contributed by atoms with E-state index in [2.05, 4.69) is 37.4 Å². The molecule has 0 aliphatic rings. The van der Waals surface area contributed by atoms with E-state index < -0.39 is 0 Å². The first-order valence-corrected chi connectivity index (χ1v) is 14.5. The Morgan fingerprint density at radius 3 is 1.15 bits per heavy atom. The van der Waals surface area contributed by atoms with Gasteiger partial charge >= 0.3 is 11.9 Å². The van der Waals surface area contributed by atoms with Crippen molar-refractivity contribution in [2.45, 2.75) is 46.3 Å². The second-order valence-electron chi connectivity index (χ2n) is 8.85. The van der Waals surface area contributed by atoms with Gasteiger partial charge in [0.25, 0.3) is 0 Å². The maximum atomic E-state index is 11.4. The lowest BCUT2D eigenvalue weighted by Gasteiger charge is -2.09. The Labute approximate surface area is 244 Å². The van der Waals surface area contributed by atoms with Gasteiger partial charge in [-0.05, 0) is 86.6 Å². The van der Waals surface area contributed by atoms with Gasteiger partial charge in [-0.25, -0.2) is 9.59 Å². The lowest BCUT2D eigenvalue weighted by atomic mass is 10.3. The fourth-order valence-electron chi connectivity index (χ4n) is 3.13. The molecule has 0 heterocycles. The molecule has 0 radical (unpaired) electrons. The fraction of sp³-hybridized carbons (Fsp3) is 0.250. The van der Waals surface area contributed by atoms with Crippen LogP contribution in [0.25, 0.3) is 0 Å². The molecule has 3 aromatic carbocycles. The van der Waals surface area contributed by atoms with Gasteiger partial charge in [0.05, 0.1) is 26.4 Å². The van der Waals surface area contributed by atoms with E-state index in [0.29, 0.717) is 50.4 Å². The van der Waals surface area contributed by atoms with Crippen molar-refractivity contribution in [1.29, 1.82) is 0 Å². The van der Waals surface area contributed by atoms with Crippen LogP contribution in [-0.2, 0) is 19.1 Å². The highest BCUT2D eigenvalue weighted by atomic mass is 32.2. The summed E-state index contributed by atoms with van der Waals surface area (Å²) in [6.45, 7) is 11.9. The summed E-state index contributed by atoms with van der Waals surface area (Å²) in [4.78, 5) is 27.3. The Kier molecular flexibility index (Phi) is 12.7. The molecule has 40 heavy (non-hydrogen) atoms. The molecule has 3 rings (SSSR count). The number of ether oxygens (including phenoxy) is 4. The zero-order valence-corrected chi connectivity index (χ0v) is 24.5. The van der Waals surface area contributed by atoms with Crippen LogP contribution in [0.4, 0.5) is 0 Å². The number of hydrogen-bond donors (Lipinski definition) is 0. The number of hydrogen-bond acceptors (Lipinski definition) is 8. The largest absolute Gasteiger partial charge is 0.493 e. The van der Waals surface area contributed by atoms with Gasteiger partial charge in [0, 0.05) is 43.6 Å². The summed E-state index contributed by atoms with van der Waals surface area (Å²) in [5, 5.41) is 0. The molecule has 0 unspecified atom stereocenters. The van der Waals surface area contributed by atoms with E-state index in [4.69, 9.17) is 18.9 Å². The predicted molar refractivity (Wildman–Crippen MR) is 159 cm³/mol. The number of benzene rings is 3. The average Bonchev–Trinajstić information content (AvgIpc) is 2.95. The Balaban J connectivity index is 1.37. The number of carbonyl (C=O) groups excluding carboxylic acids is 2. The van der Waals surface area contributed by atoms with Crippen LogP contribution in [0.5, 0.6) is 11.5 Å². The molecule has 0 bridgehead atoms. The molecule has 0 fully saturated rings. The molecule has 3 aromatic rings. The topological polar surface area (TPSA) is 71.1 Å². The molecular weight excluding hydrogens is 544 g/mol. The predicted octanol–water partition coefficient (Wildman–Crippen LogP) is 7.77. The third kappa shape index (κ3) is 11.2. The van der Waals surface area contributed by atoms with Crippen LogP contribution in [0.2, 0.25) is 0 Å². The molecule has 0 aliphatic heterocycles. The third-order valence-electron chi connectivity index (χ3n) is 5.22. The standard InChI is InChI=1S/C32H34O6S2/c1-23(2)31(33)37-21-5-19-35-25-7-11-27(12-8-25)39-29-15-17-30(18-16-29)40-28-13-9-26(10-14-28)36-20-6-22-38-32(34)24(3)4/h7-18H,1,3,5-6,19-22H2,2,4H3. The minimum absolute atomic E-state index is 0.311. The van der Waals surface area contributed by atoms with Gasteiger partial charge in [-0.2, -0.15) is 0 Å². The smallest absolute Gasteiger partial charge is 0.333 e. The summed E-state index contributed by atoms with van der Waals surface area (Å²) in [7, 11) is 0. The molecule has 0 amide bonds. The van der Waals surface area contributed by atoms with E-state index in [1.54, 1.807) is 37.4 Å². The van der Waals surface area contributed by atoms with E-state index in [1.165, 1.54) is 0 Å². The van der Waals surface area contributed by atoms with E-state index in [1.807, 2.05) is 48.5 Å². The highest BCUT2D eigenvalue weighted by Crippen LogP contribution is 2.33. The molecule has 8 heteroatoms. The first-order valence-electron chi connectivity index (χ1n) is 12.9. The number of rotatable bonds is 16. The monoisotopic (exact) mass is 578 g/mol. The van der Waals surface area contributed by atoms with Crippen molar-refractivity contribution in [3.8, 4) is 11.5 Å². The molecule has 210 valence electrons. The molecule has 0 saturated heterocycles. The lowest BCUT2D eigenvalue weighted by molar-refractivity contribution is -0.140. The van der Waals surface area contributed by atoms with Crippen LogP contribution in [0, 0.1) is 0 Å². The molecule has 0 spiro atoms. The van der Waals surface area contributed by atoms with E-state index in [-0.39, 0.29) is 11.9 Å². The van der Waals surface area contributed by atoms with Gasteiger partial charge in [-0.15, -0.1) is 0 Å². The Hall–Kier alpha value is -3.62. The normalized spacial score (nSPS) is 10.4. The second kappa shape index (κ2) is 16.5. The van der Waals surface area contributed by atoms with Crippen LogP contribution in [0.1, 0.15) is 26.7 Å². The maximum absolute atomic E-state index is 11.4. The zero-order chi connectivity index (χ0) is 28.7.